The van der Waals surface area contributed by atoms with E-state index in [1.807, 2.05) is 0 Å². The molecular weight excluding hydrogens is 355 g/mol. The largest absolute Gasteiger partial charge is 0.416 e. The van der Waals surface area contributed by atoms with Gasteiger partial charge in [-0.1, -0.05) is 18.5 Å². The molecule has 9 heteroatoms. The number of nitrogens with one attached hydrogen (secondary N) is 1. The second kappa shape index (κ2) is 7.03. The number of alkyl halides is 3. The lowest BCUT2D eigenvalue weighted by Gasteiger charge is -2.30. The van der Waals surface area contributed by atoms with Crippen LogP contribution in [0.25, 0.3) is 0 Å². The van der Waals surface area contributed by atoms with Crippen molar-refractivity contribution >= 4 is 29.1 Å². The van der Waals surface area contributed by atoms with Gasteiger partial charge in [-0.15, -0.1) is 5.10 Å². The van der Waals surface area contributed by atoms with Crippen molar-refractivity contribution < 1.29 is 13.2 Å². The maximum atomic E-state index is 12.9. The van der Waals surface area contributed by atoms with Crippen LogP contribution >= 0.6 is 11.6 Å². The third-order valence-corrected chi connectivity index (χ3v) is 4.52. The Bertz CT molecular complexity index is 745. The zero-order valence-corrected chi connectivity index (χ0v) is 14.3. The molecule has 2 heterocycles. The molecule has 0 radical (unpaired) electrons. The quantitative estimate of drug-likeness (QED) is 0.859. The van der Waals surface area contributed by atoms with E-state index in [1.165, 1.54) is 6.07 Å². The van der Waals surface area contributed by atoms with Gasteiger partial charge in [0.2, 0.25) is 5.95 Å². The summed E-state index contributed by atoms with van der Waals surface area (Å²) in [6.45, 7) is 3.94. The highest BCUT2D eigenvalue weighted by atomic mass is 35.5. The van der Waals surface area contributed by atoms with Gasteiger partial charge in [-0.2, -0.15) is 23.3 Å². The van der Waals surface area contributed by atoms with Crippen molar-refractivity contribution in [2.75, 3.05) is 23.3 Å². The molecule has 2 aromatic rings. The lowest BCUT2D eigenvalue weighted by Crippen LogP contribution is -2.33. The Morgan fingerprint density at radius 1 is 1.24 bits per heavy atom. The number of anilines is 3. The summed E-state index contributed by atoms with van der Waals surface area (Å²) in [5.74, 6) is 1.43. The van der Waals surface area contributed by atoms with Gasteiger partial charge in [0.25, 0.3) is 0 Å². The van der Waals surface area contributed by atoms with Crippen molar-refractivity contribution in [2.24, 2.45) is 5.92 Å². The molecule has 1 saturated heterocycles. The summed E-state index contributed by atoms with van der Waals surface area (Å²) in [7, 11) is 0. The highest BCUT2D eigenvalue weighted by molar-refractivity contribution is 6.33. The third kappa shape index (κ3) is 4.31. The number of rotatable bonds is 3. The van der Waals surface area contributed by atoms with E-state index in [4.69, 9.17) is 11.6 Å². The smallest absolute Gasteiger partial charge is 0.355 e. The van der Waals surface area contributed by atoms with E-state index in [9.17, 15) is 13.2 Å². The van der Waals surface area contributed by atoms with Gasteiger partial charge in [0.15, 0.2) is 5.82 Å². The first kappa shape index (κ1) is 17.7. The van der Waals surface area contributed by atoms with Crippen molar-refractivity contribution in [3.05, 3.63) is 35.0 Å². The number of aromatic nitrogens is 3. The van der Waals surface area contributed by atoms with Crippen LogP contribution in [0.2, 0.25) is 5.02 Å². The van der Waals surface area contributed by atoms with E-state index in [1.54, 1.807) is 6.20 Å². The normalized spacial score (nSPS) is 16.1. The minimum atomic E-state index is -4.45. The SMILES string of the molecule is CC1CCN(c2cnnc(Nc3cc(C(F)(F)F)ccc3Cl)n2)CC1. The second-order valence-corrected chi connectivity index (χ2v) is 6.53. The molecule has 0 saturated carbocycles. The molecule has 0 spiro atoms. The van der Waals surface area contributed by atoms with Crippen LogP contribution in [0.1, 0.15) is 25.3 Å². The second-order valence-electron chi connectivity index (χ2n) is 6.13. The van der Waals surface area contributed by atoms with E-state index in [2.05, 4.69) is 32.3 Å². The van der Waals surface area contributed by atoms with Crippen LogP contribution in [0.15, 0.2) is 24.4 Å². The van der Waals surface area contributed by atoms with Gasteiger partial charge >= 0.3 is 6.18 Å². The Hall–Kier alpha value is -2.09. The van der Waals surface area contributed by atoms with Crippen molar-refractivity contribution in [3.8, 4) is 0 Å². The molecule has 1 N–H and O–H groups in total. The summed E-state index contributed by atoms with van der Waals surface area (Å²) in [4.78, 5) is 6.44. The molecule has 1 aromatic carbocycles. The van der Waals surface area contributed by atoms with Gasteiger partial charge in [-0.25, -0.2) is 0 Å². The summed E-state index contributed by atoms with van der Waals surface area (Å²) >= 11 is 5.98. The minimum absolute atomic E-state index is 0.0858. The summed E-state index contributed by atoms with van der Waals surface area (Å²) in [5.41, 5.74) is -0.712. The maximum Gasteiger partial charge on any atom is 0.416 e. The number of benzene rings is 1. The first-order chi connectivity index (χ1) is 11.8. The molecule has 5 nitrogen and oxygen atoms in total. The zero-order chi connectivity index (χ0) is 18.0. The van der Waals surface area contributed by atoms with E-state index < -0.39 is 11.7 Å². The molecule has 1 aliphatic heterocycles. The van der Waals surface area contributed by atoms with Crippen LogP contribution in [-0.2, 0) is 6.18 Å². The van der Waals surface area contributed by atoms with E-state index >= 15 is 0 Å². The molecule has 0 amide bonds. The van der Waals surface area contributed by atoms with Gasteiger partial charge in [0.1, 0.15) is 0 Å². The zero-order valence-electron chi connectivity index (χ0n) is 13.5. The van der Waals surface area contributed by atoms with Crippen LogP contribution in [0.5, 0.6) is 0 Å². The lowest BCUT2D eigenvalue weighted by molar-refractivity contribution is -0.137. The van der Waals surface area contributed by atoms with Gasteiger partial charge in [-0.05, 0) is 37.0 Å². The average Bonchev–Trinajstić information content (AvgIpc) is 2.57. The summed E-state index contributed by atoms with van der Waals surface area (Å²) in [6, 6.07) is 3.05. The van der Waals surface area contributed by atoms with E-state index in [-0.39, 0.29) is 16.7 Å². The number of piperidine rings is 1. The monoisotopic (exact) mass is 371 g/mol. The predicted octanol–water partition coefficient (Wildman–Crippen LogP) is 4.52. The Morgan fingerprint density at radius 2 is 1.96 bits per heavy atom. The number of hydrogen-bond donors (Lipinski definition) is 1. The summed E-state index contributed by atoms with van der Waals surface area (Å²) in [5, 5.41) is 10.6. The Balaban J connectivity index is 1.81. The van der Waals surface area contributed by atoms with Gasteiger partial charge in [-0.3, -0.25) is 0 Å². The molecular formula is C16H17ClF3N5. The Morgan fingerprint density at radius 3 is 2.64 bits per heavy atom. The van der Waals surface area contributed by atoms with Gasteiger partial charge < -0.3 is 10.2 Å². The van der Waals surface area contributed by atoms with E-state index in [0.29, 0.717) is 11.7 Å². The first-order valence-corrected chi connectivity index (χ1v) is 8.29. The molecule has 0 unspecified atom stereocenters. The van der Waals surface area contributed by atoms with Crippen LogP contribution in [0.3, 0.4) is 0 Å². The standard InChI is InChI=1S/C16H17ClF3N5/c1-10-4-6-25(7-5-10)14-9-21-24-15(23-14)22-13-8-11(16(18,19)20)2-3-12(13)17/h2-3,8-10H,4-7H2,1H3,(H,22,23,24). The first-order valence-electron chi connectivity index (χ1n) is 7.91. The van der Waals surface area contributed by atoms with Crippen molar-refractivity contribution in [2.45, 2.75) is 25.9 Å². The summed E-state index contributed by atoms with van der Waals surface area (Å²) in [6.07, 6.45) is -0.778. The molecule has 3 rings (SSSR count). The van der Waals surface area contributed by atoms with Crippen molar-refractivity contribution in [3.63, 3.8) is 0 Å². The molecule has 0 atom stereocenters. The lowest BCUT2D eigenvalue weighted by atomic mass is 9.99. The number of hydrogen-bond acceptors (Lipinski definition) is 5. The van der Waals surface area contributed by atoms with Crippen LogP contribution in [0.4, 0.5) is 30.6 Å². The fraction of sp³-hybridized carbons (Fsp3) is 0.438. The van der Waals surface area contributed by atoms with Crippen molar-refractivity contribution in [1.29, 1.82) is 0 Å². The molecule has 1 aromatic heterocycles. The van der Waals surface area contributed by atoms with Crippen LogP contribution < -0.4 is 10.2 Å². The number of nitrogens with zero attached hydrogens (tertiary/aromatic N) is 4. The molecule has 0 bridgehead atoms. The summed E-state index contributed by atoms with van der Waals surface area (Å²) < 4.78 is 38.6. The van der Waals surface area contributed by atoms with Crippen molar-refractivity contribution in [1.82, 2.24) is 15.2 Å². The minimum Gasteiger partial charge on any atom is -0.355 e. The predicted molar refractivity (Wildman–Crippen MR) is 90.2 cm³/mol. The Kier molecular flexibility index (Phi) is 4.99. The van der Waals surface area contributed by atoms with Crippen LogP contribution in [0, 0.1) is 5.92 Å². The van der Waals surface area contributed by atoms with E-state index in [0.717, 1.165) is 38.1 Å². The topological polar surface area (TPSA) is 53.9 Å². The average molecular weight is 372 g/mol. The molecule has 0 aliphatic carbocycles. The Labute approximate surface area is 148 Å². The highest BCUT2D eigenvalue weighted by Gasteiger charge is 2.31. The molecule has 1 fully saturated rings. The van der Waals surface area contributed by atoms with Gasteiger partial charge in [0.05, 0.1) is 22.5 Å². The van der Waals surface area contributed by atoms with Gasteiger partial charge in [0, 0.05) is 13.1 Å². The molecule has 1 aliphatic rings. The fourth-order valence-electron chi connectivity index (χ4n) is 2.66. The number of halogens is 4. The maximum absolute atomic E-state index is 12.9. The molecule has 25 heavy (non-hydrogen) atoms. The van der Waals surface area contributed by atoms with Crippen LogP contribution in [-0.4, -0.2) is 28.3 Å². The molecule has 134 valence electrons. The fourth-order valence-corrected chi connectivity index (χ4v) is 2.82. The third-order valence-electron chi connectivity index (χ3n) is 4.19. The highest BCUT2D eigenvalue weighted by Crippen LogP contribution is 2.34.